The summed E-state index contributed by atoms with van der Waals surface area (Å²) in [5, 5.41) is 9.96. The first-order valence-electron chi connectivity index (χ1n) is 11.3. The summed E-state index contributed by atoms with van der Waals surface area (Å²) in [5.41, 5.74) is 6.85. The third-order valence-corrected chi connectivity index (χ3v) is 7.76. The van der Waals surface area contributed by atoms with E-state index in [0.717, 1.165) is 30.3 Å². The first kappa shape index (κ1) is 18.8. The van der Waals surface area contributed by atoms with E-state index in [2.05, 4.69) is 59.5 Å². The minimum atomic E-state index is -0.747. The number of fused-ring (bicyclic) bond motifs is 1. The van der Waals surface area contributed by atoms with Crippen LogP contribution in [0.3, 0.4) is 0 Å². The van der Waals surface area contributed by atoms with E-state index in [0.29, 0.717) is 0 Å². The fourth-order valence-electron chi connectivity index (χ4n) is 5.70. The van der Waals surface area contributed by atoms with Gasteiger partial charge < -0.3 is 5.11 Å². The average molecular weight is 410 g/mol. The van der Waals surface area contributed by atoms with Crippen molar-refractivity contribution in [1.82, 2.24) is 4.90 Å². The van der Waals surface area contributed by atoms with Crippen molar-refractivity contribution < 1.29 is 9.90 Å². The number of rotatable bonds is 5. The van der Waals surface area contributed by atoms with Crippen LogP contribution in [0, 0.1) is 5.41 Å². The van der Waals surface area contributed by atoms with Crippen LogP contribution in [-0.2, 0) is 17.9 Å². The first-order chi connectivity index (χ1) is 15.1. The van der Waals surface area contributed by atoms with Crippen molar-refractivity contribution in [3.8, 4) is 11.1 Å². The minimum absolute atomic E-state index is 0.00794. The Bertz CT molecular complexity index is 1150. The maximum atomic E-state index is 12.1. The molecule has 1 heterocycles. The topological polar surface area (TPSA) is 40.5 Å². The van der Waals surface area contributed by atoms with Crippen molar-refractivity contribution >= 4 is 5.97 Å². The van der Waals surface area contributed by atoms with Gasteiger partial charge in [0.05, 0.1) is 5.41 Å². The highest BCUT2D eigenvalue weighted by Crippen LogP contribution is 2.70. The van der Waals surface area contributed by atoms with Crippen LogP contribution in [0.5, 0.6) is 0 Å². The maximum absolute atomic E-state index is 12.1. The van der Waals surface area contributed by atoms with E-state index in [1.165, 1.54) is 35.1 Å². The summed E-state index contributed by atoms with van der Waals surface area (Å²) in [6, 6.07) is 26.3. The lowest BCUT2D eigenvalue weighted by Crippen LogP contribution is -2.18. The molecule has 2 fully saturated rings. The Morgan fingerprint density at radius 2 is 1.45 bits per heavy atom. The van der Waals surface area contributed by atoms with Gasteiger partial charge in [-0.2, -0.15) is 0 Å². The van der Waals surface area contributed by atoms with Crippen molar-refractivity contribution in [3.05, 3.63) is 95.1 Å². The lowest BCUT2D eigenvalue weighted by atomic mass is 9.97. The summed E-state index contributed by atoms with van der Waals surface area (Å²) < 4.78 is 0. The molecule has 2 aliphatic carbocycles. The molecule has 1 N–H and O–H groups in total. The largest absolute Gasteiger partial charge is 0.481 e. The van der Waals surface area contributed by atoms with Gasteiger partial charge in [-0.25, -0.2) is 0 Å². The molecule has 3 atom stereocenters. The van der Waals surface area contributed by atoms with E-state index in [1.54, 1.807) is 0 Å². The first-order valence-corrected chi connectivity index (χ1v) is 11.3. The summed E-state index contributed by atoms with van der Waals surface area (Å²) >= 11 is 0. The monoisotopic (exact) mass is 409 g/mol. The number of benzene rings is 3. The van der Waals surface area contributed by atoms with Crippen LogP contribution in [0.4, 0.5) is 0 Å². The predicted molar refractivity (Wildman–Crippen MR) is 122 cm³/mol. The Morgan fingerprint density at radius 3 is 2.10 bits per heavy atom. The number of hydrogen-bond donors (Lipinski definition) is 1. The summed E-state index contributed by atoms with van der Waals surface area (Å²) in [4.78, 5) is 14.7. The maximum Gasteiger partial charge on any atom is 0.310 e. The van der Waals surface area contributed by atoms with Crippen molar-refractivity contribution in [2.75, 3.05) is 0 Å². The number of hydrogen-bond acceptors (Lipinski definition) is 2. The molecule has 0 aromatic heterocycles. The molecular formula is C28H27NO2. The van der Waals surface area contributed by atoms with Gasteiger partial charge in [0.1, 0.15) is 0 Å². The van der Waals surface area contributed by atoms with Crippen LogP contribution in [0.1, 0.15) is 53.9 Å². The molecule has 0 saturated heterocycles. The number of carbonyl (C=O) groups is 1. The fourth-order valence-corrected chi connectivity index (χ4v) is 5.70. The van der Waals surface area contributed by atoms with Crippen LogP contribution in [0.15, 0.2) is 72.8 Å². The minimum Gasteiger partial charge on any atom is -0.481 e. The van der Waals surface area contributed by atoms with E-state index in [9.17, 15) is 9.90 Å². The molecule has 3 aliphatic rings. The van der Waals surface area contributed by atoms with Gasteiger partial charge >= 0.3 is 5.97 Å². The number of aliphatic carboxylic acids is 1. The van der Waals surface area contributed by atoms with Crippen molar-refractivity contribution in [3.63, 3.8) is 0 Å². The molecule has 156 valence electrons. The second kappa shape index (κ2) is 6.80. The standard InChI is InChI=1S/C28H27NO2/c1-28(27(30)31)25(19-5-3-2-4-6-19)26(28)20-9-7-18(8-10-20)21-11-12-22-16-29(24-13-14-24)17-23(22)15-21/h2-12,15,24-26H,13-14,16-17H2,1H3,(H,30,31). The van der Waals surface area contributed by atoms with Crippen molar-refractivity contribution in [2.45, 2.75) is 50.7 Å². The third kappa shape index (κ3) is 3.02. The van der Waals surface area contributed by atoms with Crippen LogP contribution < -0.4 is 0 Å². The van der Waals surface area contributed by atoms with E-state index in [1.807, 2.05) is 25.1 Å². The van der Waals surface area contributed by atoms with Gasteiger partial charge in [-0.05, 0) is 59.2 Å². The Morgan fingerprint density at radius 1 is 0.839 bits per heavy atom. The van der Waals surface area contributed by atoms with Gasteiger partial charge in [0, 0.05) is 31.0 Å². The molecule has 6 rings (SSSR count). The van der Waals surface area contributed by atoms with Crippen LogP contribution >= 0.6 is 0 Å². The molecule has 3 aromatic carbocycles. The number of carboxylic acid groups (broad SMARTS) is 1. The van der Waals surface area contributed by atoms with Crippen molar-refractivity contribution in [1.29, 1.82) is 0 Å². The normalized spacial score (nSPS) is 27.1. The summed E-state index contributed by atoms with van der Waals surface area (Å²) in [6.07, 6.45) is 2.70. The molecule has 31 heavy (non-hydrogen) atoms. The molecule has 0 spiro atoms. The highest BCUT2D eigenvalue weighted by Gasteiger charge is 2.67. The zero-order valence-corrected chi connectivity index (χ0v) is 17.8. The Kier molecular flexibility index (Phi) is 4.13. The number of nitrogens with zero attached hydrogens (tertiary/aromatic N) is 1. The van der Waals surface area contributed by atoms with Gasteiger partial charge in [-0.1, -0.05) is 66.7 Å². The quantitative estimate of drug-likeness (QED) is 0.579. The van der Waals surface area contributed by atoms with E-state index in [-0.39, 0.29) is 11.8 Å². The van der Waals surface area contributed by atoms with Gasteiger partial charge in [0.15, 0.2) is 0 Å². The van der Waals surface area contributed by atoms with E-state index >= 15 is 0 Å². The second-order valence-electron chi connectivity index (χ2n) is 9.70. The molecular weight excluding hydrogens is 382 g/mol. The predicted octanol–water partition coefficient (Wildman–Crippen LogP) is 5.80. The fraction of sp³-hybridized carbons (Fsp3) is 0.321. The zero-order valence-electron chi connectivity index (χ0n) is 17.8. The van der Waals surface area contributed by atoms with Gasteiger partial charge in [-0.3, -0.25) is 9.69 Å². The highest BCUT2D eigenvalue weighted by molar-refractivity contribution is 5.83. The van der Waals surface area contributed by atoms with Crippen LogP contribution in [0.2, 0.25) is 0 Å². The Hall–Kier alpha value is -2.91. The second-order valence-corrected chi connectivity index (χ2v) is 9.70. The van der Waals surface area contributed by atoms with Crippen LogP contribution in [-0.4, -0.2) is 22.0 Å². The summed E-state index contributed by atoms with van der Waals surface area (Å²) in [6.45, 7) is 4.05. The molecule has 3 nitrogen and oxygen atoms in total. The average Bonchev–Trinajstić information content (AvgIpc) is 3.70. The van der Waals surface area contributed by atoms with E-state index in [4.69, 9.17) is 0 Å². The number of carboxylic acids is 1. The molecule has 3 heteroatoms. The highest BCUT2D eigenvalue weighted by atomic mass is 16.4. The molecule has 3 unspecified atom stereocenters. The summed E-state index contributed by atoms with van der Waals surface area (Å²) in [7, 11) is 0. The Labute approximate surface area is 183 Å². The Balaban J connectivity index is 1.27. The SMILES string of the molecule is CC1(C(=O)O)C(c2ccccc2)C1c1ccc(-c2ccc3c(c2)CN(C2CC2)C3)cc1. The lowest BCUT2D eigenvalue weighted by Gasteiger charge is -2.12. The van der Waals surface area contributed by atoms with Crippen molar-refractivity contribution in [2.24, 2.45) is 5.41 Å². The van der Waals surface area contributed by atoms with Crippen LogP contribution in [0.25, 0.3) is 11.1 Å². The smallest absolute Gasteiger partial charge is 0.310 e. The molecule has 3 aromatic rings. The third-order valence-electron chi connectivity index (χ3n) is 7.76. The zero-order chi connectivity index (χ0) is 21.2. The van der Waals surface area contributed by atoms with Gasteiger partial charge in [0.25, 0.3) is 0 Å². The molecule has 0 radical (unpaired) electrons. The van der Waals surface area contributed by atoms with Gasteiger partial charge in [-0.15, -0.1) is 0 Å². The molecule has 2 saturated carbocycles. The van der Waals surface area contributed by atoms with Gasteiger partial charge in [0.2, 0.25) is 0 Å². The molecule has 0 amide bonds. The molecule has 1 aliphatic heterocycles. The molecule has 0 bridgehead atoms. The lowest BCUT2D eigenvalue weighted by molar-refractivity contribution is -0.143. The van der Waals surface area contributed by atoms with E-state index < -0.39 is 11.4 Å². The summed E-state index contributed by atoms with van der Waals surface area (Å²) in [5.74, 6) is -0.687.